The summed E-state index contributed by atoms with van der Waals surface area (Å²) >= 11 is 6.19. The highest BCUT2D eigenvalue weighted by molar-refractivity contribution is 6.33. The van der Waals surface area contributed by atoms with Crippen molar-refractivity contribution < 1.29 is 13.9 Å². The summed E-state index contributed by atoms with van der Waals surface area (Å²) in [7, 11) is 0. The van der Waals surface area contributed by atoms with Crippen LogP contribution in [0.5, 0.6) is 11.6 Å². The van der Waals surface area contributed by atoms with Crippen LogP contribution < -0.4 is 9.47 Å². The number of rotatable bonds is 7. The summed E-state index contributed by atoms with van der Waals surface area (Å²) < 4.78 is 26.2. The molecule has 0 fully saturated rings. The normalized spacial score (nSPS) is 10.6. The quantitative estimate of drug-likeness (QED) is 0.362. The first-order valence-electron chi connectivity index (χ1n) is 9.36. The lowest BCUT2D eigenvalue weighted by Crippen LogP contribution is -2.04. The molecule has 0 aliphatic rings. The highest BCUT2D eigenvalue weighted by Crippen LogP contribution is 2.34. The van der Waals surface area contributed by atoms with Crippen LogP contribution in [0.1, 0.15) is 11.1 Å². The third kappa shape index (κ3) is 4.75. The summed E-state index contributed by atoms with van der Waals surface area (Å²) in [5.41, 5.74) is 2.40. The summed E-state index contributed by atoms with van der Waals surface area (Å²) in [6.45, 7) is 0.607. The molecule has 0 atom stereocenters. The zero-order valence-corrected chi connectivity index (χ0v) is 16.7. The lowest BCUT2D eigenvalue weighted by Gasteiger charge is -2.13. The summed E-state index contributed by atoms with van der Waals surface area (Å²) in [5, 5.41) is 8.51. The van der Waals surface area contributed by atoms with Crippen molar-refractivity contribution in [3.8, 4) is 22.9 Å². The highest BCUT2D eigenvalue weighted by atomic mass is 35.5. The second-order valence-corrected chi connectivity index (χ2v) is 6.95. The molecule has 0 spiro atoms. The van der Waals surface area contributed by atoms with Gasteiger partial charge in [0.05, 0.1) is 10.6 Å². The molecule has 3 aromatic carbocycles. The molecule has 4 aromatic rings. The first-order chi connectivity index (χ1) is 14.7. The van der Waals surface area contributed by atoms with Crippen LogP contribution in [0.15, 0.2) is 84.9 Å². The molecule has 1 aromatic heterocycles. The van der Waals surface area contributed by atoms with E-state index in [1.54, 1.807) is 18.2 Å². The van der Waals surface area contributed by atoms with Crippen molar-refractivity contribution >= 4 is 11.6 Å². The maximum atomic E-state index is 14.4. The minimum Gasteiger partial charge on any atom is -0.483 e. The molecule has 0 unspecified atom stereocenters. The van der Waals surface area contributed by atoms with Crippen LogP contribution in [0, 0.1) is 5.82 Å². The number of hydrogen-bond acceptors (Lipinski definition) is 4. The van der Waals surface area contributed by atoms with Crippen LogP contribution in [-0.4, -0.2) is 10.2 Å². The summed E-state index contributed by atoms with van der Waals surface area (Å²) in [5.74, 6) is 0.105. The van der Waals surface area contributed by atoms with Gasteiger partial charge in [0.25, 0.3) is 5.88 Å². The fourth-order valence-corrected chi connectivity index (χ4v) is 3.15. The van der Waals surface area contributed by atoms with Gasteiger partial charge in [-0.25, -0.2) is 4.39 Å². The topological polar surface area (TPSA) is 44.2 Å². The number of nitrogens with zero attached hydrogens (tertiary/aromatic N) is 2. The largest absolute Gasteiger partial charge is 0.483 e. The van der Waals surface area contributed by atoms with Gasteiger partial charge in [-0.1, -0.05) is 78.3 Å². The van der Waals surface area contributed by atoms with Crippen LogP contribution in [0.25, 0.3) is 11.3 Å². The third-order valence-electron chi connectivity index (χ3n) is 4.40. The van der Waals surface area contributed by atoms with Gasteiger partial charge >= 0.3 is 0 Å². The van der Waals surface area contributed by atoms with E-state index in [2.05, 4.69) is 10.2 Å². The molecule has 150 valence electrons. The van der Waals surface area contributed by atoms with Gasteiger partial charge in [0.1, 0.15) is 24.7 Å². The Bertz CT molecular complexity index is 1100. The SMILES string of the molecule is Fc1cccc(Cl)c1-c1cc(OCc2ccccc2)c(OCc2ccccc2)nn1. The van der Waals surface area contributed by atoms with E-state index in [1.165, 1.54) is 6.07 Å². The van der Waals surface area contributed by atoms with Crippen LogP contribution in [0.4, 0.5) is 4.39 Å². The molecule has 0 bridgehead atoms. The van der Waals surface area contributed by atoms with Gasteiger partial charge in [0.2, 0.25) is 0 Å². The Balaban J connectivity index is 1.64. The van der Waals surface area contributed by atoms with E-state index in [0.29, 0.717) is 19.0 Å². The van der Waals surface area contributed by atoms with Crippen LogP contribution in [0.3, 0.4) is 0 Å². The average Bonchev–Trinajstić information content (AvgIpc) is 2.78. The molecule has 30 heavy (non-hydrogen) atoms. The average molecular weight is 421 g/mol. The molecular formula is C24H18ClFN2O2. The fraction of sp³-hybridized carbons (Fsp3) is 0.0833. The minimum absolute atomic E-state index is 0.172. The first kappa shape index (κ1) is 19.9. The summed E-state index contributed by atoms with van der Waals surface area (Å²) in [6.07, 6.45) is 0. The molecule has 1 heterocycles. The van der Waals surface area contributed by atoms with Crippen molar-refractivity contribution in [1.29, 1.82) is 0 Å². The van der Waals surface area contributed by atoms with E-state index >= 15 is 0 Å². The fourth-order valence-electron chi connectivity index (χ4n) is 2.89. The van der Waals surface area contributed by atoms with Gasteiger partial charge in [-0.15, -0.1) is 10.2 Å². The van der Waals surface area contributed by atoms with Gasteiger partial charge in [0.15, 0.2) is 5.75 Å². The second-order valence-electron chi connectivity index (χ2n) is 6.54. The van der Waals surface area contributed by atoms with E-state index in [-0.39, 0.29) is 22.2 Å². The summed E-state index contributed by atoms with van der Waals surface area (Å²) in [4.78, 5) is 0. The molecule has 0 saturated carbocycles. The predicted octanol–water partition coefficient (Wildman–Crippen LogP) is 6.09. The molecule has 6 heteroatoms. The van der Waals surface area contributed by atoms with Gasteiger partial charge < -0.3 is 9.47 Å². The van der Waals surface area contributed by atoms with Crippen LogP contribution in [-0.2, 0) is 13.2 Å². The van der Waals surface area contributed by atoms with Crippen molar-refractivity contribution in [1.82, 2.24) is 10.2 Å². The maximum absolute atomic E-state index is 14.4. The molecular weight excluding hydrogens is 403 g/mol. The van der Waals surface area contributed by atoms with Crippen molar-refractivity contribution in [3.63, 3.8) is 0 Å². The van der Waals surface area contributed by atoms with Gasteiger partial charge in [-0.3, -0.25) is 0 Å². The van der Waals surface area contributed by atoms with Crippen LogP contribution in [0.2, 0.25) is 5.02 Å². The predicted molar refractivity (Wildman–Crippen MR) is 114 cm³/mol. The number of benzene rings is 3. The van der Waals surface area contributed by atoms with Gasteiger partial charge in [-0.2, -0.15) is 0 Å². The Morgan fingerprint density at radius 1 is 0.733 bits per heavy atom. The van der Waals surface area contributed by atoms with Crippen molar-refractivity contribution in [2.45, 2.75) is 13.2 Å². The van der Waals surface area contributed by atoms with E-state index in [4.69, 9.17) is 21.1 Å². The molecule has 0 radical (unpaired) electrons. The highest BCUT2D eigenvalue weighted by Gasteiger charge is 2.17. The molecule has 0 saturated heterocycles. The van der Waals surface area contributed by atoms with Crippen molar-refractivity contribution in [2.75, 3.05) is 0 Å². The molecule has 0 aliphatic carbocycles. The van der Waals surface area contributed by atoms with E-state index in [0.717, 1.165) is 11.1 Å². The lowest BCUT2D eigenvalue weighted by atomic mass is 10.1. The van der Waals surface area contributed by atoms with Crippen LogP contribution >= 0.6 is 11.6 Å². The Labute approximate surface area is 178 Å². The zero-order valence-electron chi connectivity index (χ0n) is 16.0. The Hall–Kier alpha value is -3.44. The Morgan fingerprint density at radius 2 is 1.37 bits per heavy atom. The Morgan fingerprint density at radius 3 is 2.00 bits per heavy atom. The monoisotopic (exact) mass is 420 g/mol. The molecule has 0 amide bonds. The molecule has 0 N–H and O–H groups in total. The van der Waals surface area contributed by atoms with E-state index in [1.807, 2.05) is 60.7 Å². The molecule has 4 nitrogen and oxygen atoms in total. The number of aromatic nitrogens is 2. The summed E-state index contributed by atoms with van der Waals surface area (Å²) in [6, 6.07) is 25.5. The molecule has 0 aliphatic heterocycles. The first-order valence-corrected chi connectivity index (χ1v) is 9.74. The zero-order chi connectivity index (χ0) is 20.8. The smallest absolute Gasteiger partial charge is 0.276 e. The number of hydrogen-bond donors (Lipinski definition) is 0. The van der Waals surface area contributed by atoms with E-state index < -0.39 is 5.82 Å². The molecule has 4 rings (SSSR count). The van der Waals surface area contributed by atoms with Crippen molar-refractivity contribution in [3.05, 3.63) is 107 Å². The Kier molecular flexibility index (Phi) is 6.20. The maximum Gasteiger partial charge on any atom is 0.276 e. The standard InChI is InChI=1S/C24H18ClFN2O2/c25-19-12-7-13-20(26)23(19)21-14-22(29-15-17-8-3-1-4-9-17)24(28-27-21)30-16-18-10-5-2-6-11-18/h1-14H,15-16H2. The van der Waals surface area contributed by atoms with Gasteiger partial charge in [0, 0.05) is 6.07 Å². The lowest BCUT2D eigenvalue weighted by molar-refractivity contribution is 0.244. The number of halogens is 2. The third-order valence-corrected chi connectivity index (χ3v) is 4.72. The minimum atomic E-state index is -0.483. The second kappa shape index (κ2) is 9.37. The van der Waals surface area contributed by atoms with E-state index in [9.17, 15) is 4.39 Å². The van der Waals surface area contributed by atoms with Crippen molar-refractivity contribution in [2.24, 2.45) is 0 Å². The number of ether oxygens (including phenoxy) is 2. The van der Waals surface area contributed by atoms with Gasteiger partial charge in [-0.05, 0) is 23.3 Å².